The molecular weight excluding hydrogens is 254 g/mol. The second kappa shape index (κ2) is 7.59. The van der Waals surface area contributed by atoms with E-state index in [-0.39, 0.29) is 5.69 Å². The Bertz CT molecular complexity index is 362. The first-order valence-corrected chi connectivity index (χ1v) is 7.38. The lowest BCUT2D eigenvalue weighted by atomic mass is 10.1. The van der Waals surface area contributed by atoms with Gasteiger partial charge in [0.15, 0.2) is 0 Å². The summed E-state index contributed by atoms with van der Waals surface area (Å²) in [5, 5.41) is 3.05. The Morgan fingerprint density at radius 3 is 2.39 bits per heavy atom. The van der Waals surface area contributed by atoms with E-state index in [2.05, 4.69) is 5.32 Å². The minimum atomic E-state index is -0.494. The van der Waals surface area contributed by atoms with Gasteiger partial charge in [0, 0.05) is 25.9 Å². The van der Waals surface area contributed by atoms with E-state index in [1.807, 2.05) is 13.2 Å². The summed E-state index contributed by atoms with van der Waals surface area (Å²) in [4.78, 5) is 1.62. The molecule has 0 heterocycles. The van der Waals surface area contributed by atoms with Gasteiger partial charge >= 0.3 is 0 Å². The lowest BCUT2D eigenvalue weighted by Crippen LogP contribution is -2.23. The van der Waals surface area contributed by atoms with Gasteiger partial charge in [-0.2, -0.15) is 11.8 Å². The van der Waals surface area contributed by atoms with Gasteiger partial charge in [0.05, 0.1) is 0 Å². The smallest absolute Gasteiger partial charge is 0.149 e. The van der Waals surface area contributed by atoms with Gasteiger partial charge in [0.2, 0.25) is 0 Å². The first-order chi connectivity index (χ1) is 8.60. The predicted octanol–water partition coefficient (Wildman–Crippen LogP) is 2.87. The normalized spacial score (nSPS) is 10.7. The highest BCUT2D eigenvalue weighted by Crippen LogP contribution is 2.24. The summed E-state index contributed by atoms with van der Waals surface area (Å²) in [6, 6.07) is 2.80. The molecule has 1 aromatic carbocycles. The van der Waals surface area contributed by atoms with E-state index in [0.717, 1.165) is 12.3 Å². The van der Waals surface area contributed by atoms with Crippen LogP contribution in [-0.4, -0.2) is 32.1 Å². The van der Waals surface area contributed by atoms with Crippen molar-refractivity contribution in [3.63, 3.8) is 0 Å². The topological polar surface area (TPSA) is 15.3 Å². The first-order valence-electron chi connectivity index (χ1n) is 5.98. The van der Waals surface area contributed by atoms with Crippen LogP contribution in [0.15, 0.2) is 12.1 Å². The molecular formula is C13H20F2N2S. The quantitative estimate of drug-likeness (QED) is 0.823. The van der Waals surface area contributed by atoms with E-state index >= 15 is 0 Å². The van der Waals surface area contributed by atoms with Crippen LogP contribution in [-0.2, 0) is 6.54 Å². The Hall–Kier alpha value is -0.810. The number of thioether (sulfide) groups is 1. The molecule has 5 heteroatoms. The van der Waals surface area contributed by atoms with Crippen LogP contribution in [0.3, 0.4) is 0 Å². The summed E-state index contributed by atoms with van der Waals surface area (Å²) in [6.07, 6.45) is 1.97. The van der Waals surface area contributed by atoms with Crippen LogP contribution in [0.5, 0.6) is 0 Å². The molecule has 2 nitrogen and oxygen atoms in total. The molecule has 0 atom stereocenters. The van der Waals surface area contributed by atoms with Crippen molar-refractivity contribution in [1.29, 1.82) is 0 Å². The van der Waals surface area contributed by atoms with E-state index in [1.165, 1.54) is 12.1 Å². The first kappa shape index (κ1) is 15.2. The molecule has 102 valence electrons. The Morgan fingerprint density at radius 1 is 1.28 bits per heavy atom. The van der Waals surface area contributed by atoms with E-state index in [4.69, 9.17) is 0 Å². The molecule has 0 radical (unpaired) electrons. The van der Waals surface area contributed by atoms with Crippen LogP contribution >= 0.6 is 11.8 Å². The van der Waals surface area contributed by atoms with Crippen molar-refractivity contribution in [1.82, 2.24) is 5.32 Å². The van der Waals surface area contributed by atoms with Crippen molar-refractivity contribution >= 4 is 17.4 Å². The molecule has 1 rings (SSSR count). The van der Waals surface area contributed by atoms with Gasteiger partial charge in [-0.1, -0.05) is 6.92 Å². The second-order valence-electron chi connectivity index (χ2n) is 4.10. The lowest BCUT2D eigenvalue weighted by Gasteiger charge is -2.20. The molecule has 0 aliphatic heterocycles. The zero-order valence-electron chi connectivity index (χ0n) is 11.1. The van der Waals surface area contributed by atoms with Crippen molar-refractivity contribution in [3.05, 3.63) is 29.3 Å². The summed E-state index contributed by atoms with van der Waals surface area (Å²) in [5.74, 6) is -0.146. The third-order valence-corrected chi connectivity index (χ3v) is 3.26. The van der Waals surface area contributed by atoms with Crippen LogP contribution in [0.2, 0.25) is 0 Å². The molecule has 0 amide bonds. The zero-order chi connectivity index (χ0) is 13.5. The van der Waals surface area contributed by atoms with Gasteiger partial charge in [-0.3, -0.25) is 0 Å². The number of hydrogen-bond acceptors (Lipinski definition) is 3. The number of nitrogens with zero attached hydrogens (tertiary/aromatic N) is 1. The fourth-order valence-corrected chi connectivity index (χ4v) is 2.15. The molecule has 0 spiro atoms. The van der Waals surface area contributed by atoms with Gasteiger partial charge in [0.25, 0.3) is 0 Å². The monoisotopic (exact) mass is 274 g/mol. The van der Waals surface area contributed by atoms with Crippen molar-refractivity contribution in [3.8, 4) is 0 Å². The molecule has 1 aromatic rings. The molecule has 0 unspecified atom stereocenters. The van der Waals surface area contributed by atoms with Crippen LogP contribution in [0.1, 0.15) is 12.5 Å². The van der Waals surface area contributed by atoms with E-state index < -0.39 is 11.6 Å². The van der Waals surface area contributed by atoms with Crippen molar-refractivity contribution in [2.24, 2.45) is 0 Å². The number of anilines is 1. The van der Waals surface area contributed by atoms with Crippen molar-refractivity contribution in [2.75, 3.05) is 37.0 Å². The molecule has 18 heavy (non-hydrogen) atoms. The highest BCUT2D eigenvalue weighted by Gasteiger charge is 2.14. The van der Waals surface area contributed by atoms with E-state index in [9.17, 15) is 8.78 Å². The Morgan fingerprint density at radius 2 is 1.89 bits per heavy atom. The SMILES string of the molecule is CCNCc1cc(F)c(N(C)CCSC)c(F)c1. The number of rotatable bonds is 7. The number of halogens is 2. The minimum Gasteiger partial charge on any atom is -0.369 e. The van der Waals surface area contributed by atoms with Crippen LogP contribution in [0.4, 0.5) is 14.5 Å². The highest BCUT2D eigenvalue weighted by molar-refractivity contribution is 7.98. The van der Waals surface area contributed by atoms with Gasteiger partial charge < -0.3 is 10.2 Å². The summed E-state index contributed by atoms with van der Waals surface area (Å²) in [6.45, 7) is 3.84. The maximum atomic E-state index is 13.9. The fraction of sp³-hybridized carbons (Fsp3) is 0.538. The summed E-state index contributed by atoms with van der Waals surface area (Å²) < 4.78 is 27.8. The number of nitrogens with one attached hydrogen (secondary N) is 1. The zero-order valence-corrected chi connectivity index (χ0v) is 11.9. The standard InChI is InChI=1S/C13H20F2N2S/c1-4-16-9-10-7-11(14)13(12(15)8-10)17(2)5-6-18-3/h7-8,16H,4-6,9H2,1-3H3. The van der Waals surface area contributed by atoms with Crippen LogP contribution < -0.4 is 10.2 Å². The maximum Gasteiger partial charge on any atom is 0.149 e. The van der Waals surface area contributed by atoms with Gasteiger partial charge in [0.1, 0.15) is 17.3 Å². The third-order valence-electron chi connectivity index (χ3n) is 2.67. The van der Waals surface area contributed by atoms with Crippen molar-refractivity contribution < 1.29 is 8.78 Å². The van der Waals surface area contributed by atoms with Crippen LogP contribution in [0, 0.1) is 11.6 Å². The second-order valence-corrected chi connectivity index (χ2v) is 5.09. The molecule has 1 N–H and O–H groups in total. The maximum absolute atomic E-state index is 13.9. The fourth-order valence-electron chi connectivity index (χ4n) is 1.69. The van der Waals surface area contributed by atoms with E-state index in [1.54, 1.807) is 23.7 Å². The lowest BCUT2D eigenvalue weighted by molar-refractivity contribution is 0.572. The summed E-state index contributed by atoms with van der Waals surface area (Å²) >= 11 is 1.65. The minimum absolute atomic E-state index is 0.0595. The predicted molar refractivity (Wildman–Crippen MR) is 75.4 cm³/mol. The molecule has 0 saturated carbocycles. The van der Waals surface area contributed by atoms with E-state index in [0.29, 0.717) is 18.7 Å². The molecule has 0 saturated heterocycles. The van der Waals surface area contributed by atoms with Crippen LogP contribution in [0.25, 0.3) is 0 Å². The van der Waals surface area contributed by atoms with Gasteiger partial charge in [-0.05, 0) is 30.5 Å². The average Bonchev–Trinajstić information content (AvgIpc) is 2.33. The van der Waals surface area contributed by atoms with Gasteiger partial charge in [-0.15, -0.1) is 0 Å². The molecule has 0 aliphatic carbocycles. The Balaban J connectivity index is 2.86. The molecule has 0 fully saturated rings. The highest BCUT2D eigenvalue weighted by atomic mass is 32.2. The van der Waals surface area contributed by atoms with Gasteiger partial charge in [-0.25, -0.2) is 8.78 Å². The molecule has 0 aromatic heterocycles. The molecule has 0 aliphatic rings. The number of hydrogen-bond donors (Lipinski definition) is 1. The third kappa shape index (κ3) is 4.14. The average molecular weight is 274 g/mol. The largest absolute Gasteiger partial charge is 0.369 e. The van der Waals surface area contributed by atoms with Crippen molar-refractivity contribution in [2.45, 2.75) is 13.5 Å². The summed E-state index contributed by atoms with van der Waals surface area (Å²) in [7, 11) is 1.71. The Labute approximate surface area is 112 Å². The molecule has 0 bridgehead atoms. The summed E-state index contributed by atoms with van der Waals surface area (Å²) in [5.41, 5.74) is 0.693. The Kier molecular flexibility index (Phi) is 6.43. The number of benzene rings is 1.